The first-order valence-corrected chi connectivity index (χ1v) is 19.9. The third-order valence-corrected chi connectivity index (χ3v) is 12.3. The zero-order valence-electron chi connectivity index (χ0n) is 31.1. The molecule has 266 valence electrons. The van der Waals surface area contributed by atoms with Crippen LogP contribution in [0, 0.1) is 0 Å². The summed E-state index contributed by atoms with van der Waals surface area (Å²) < 4.78 is 0. The Morgan fingerprint density at radius 3 is 1.11 bits per heavy atom. The summed E-state index contributed by atoms with van der Waals surface area (Å²) in [4.78, 5) is 8.26. The quantitative estimate of drug-likeness (QED) is 0.160. The number of hydrogen-bond donors (Lipinski definition) is 0. The lowest BCUT2D eigenvalue weighted by Crippen LogP contribution is -2.35. The van der Waals surface area contributed by atoms with Gasteiger partial charge in [-0.05, 0) is 107 Å². The van der Waals surface area contributed by atoms with Crippen LogP contribution in [0.2, 0.25) is 0 Å². The van der Waals surface area contributed by atoms with Crippen molar-refractivity contribution in [3.8, 4) is 0 Å². The fourth-order valence-corrected chi connectivity index (χ4v) is 9.41. The van der Waals surface area contributed by atoms with Gasteiger partial charge in [-0.15, -0.1) is 0 Å². The monoisotopic (exact) mass is 701 g/mol. The molecule has 0 saturated carbocycles. The number of rotatable bonds is 6. The molecule has 0 bridgehead atoms. The molecule has 2 aliphatic rings. The second kappa shape index (κ2) is 14.5. The van der Waals surface area contributed by atoms with Crippen LogP contribution in [0.5, 0.6) is 0 Å². The summed E-state index contributed by atoms with van der Waals surface area (Å²) in [5.41, 5.74) is 7.36. The molecule has 10 rings (SSSR count). The molecular weight excluding hydrogens is 655 g/mol. The minimum absolute atomic E-state index is 0.938. The predicted octanol–water partition coefficient (Wildman–Crippen LogP) is 11.2. The summed E-state index contributed by atoms with van der Waals surface area (Å²) in [6.07, 6.45) is 7.05. The van der Waals surface area contributed by atoms with Crippen LogP contribution in [0.15, 0.2) is 146 Å². The minimum atomic E-state index is 0.938. The first-order valence-electron chi connectivity index (χ1n) is 19.9. The van der Waals surface area contributed by atoms with E-state index in [0.717, 1.165) is 71.7 Å². The zero-order valence-corrected chi connectivity index (χ0v) is 31.1. The Labute approximate surface area is 318 Å². The van der Waals surface area contributed by atoms with Gasteiger partial charge in [0.25, 0.3) is 0 Å². The van der Waals surface area contributed by atoms with Crippen molar-refractivity contribution in [3.05, 3.63) is 173 Å². The molecule has 1 aliphatic carbocycles. The van der Waals surface area contributed by atoms with Crippen LogP contribution in [0.4, 0.5) is 0 Å². The maximum Gasteiger partial charge on any atom is 0.0247 e. The number of aryl methyl sites for hydroxylation is 1. The van der Waals surface area contributed by atoms with Crippen molar-refractivity contribution in [2.45, 2.75) is 32.5 Å². The Morgan fingerprint density at radius 2 is 0.704 bits per heavy atom. The average molecular weight is 702 g/mol. The maximum absolute atomic E-state index is 2.76. The Morgan fingerprint density at radius 1 is 0.370 bits per heavy atom. The third kappa shape index (κ3) is 6.37. The van der Waals surface area contributed by atoms with E-state index in [1.807, 2.05) is 0 Å². The fraction of sp³-hybridized carbons (Fsp3) is 0.216. The van der Waals surface area contributed by atoms with E-state index in [0.29, 0.717) is 0 Å². The highest BCUT2D eigenvalue weighted by molar-refractivity contribution is 6.03. The third-order valence-electron chi connectivity index (χ3n) is 12.3. The first kappa shape index (κ1) is 33.3. The van der Waals surface area contributed by atoms with E-state index in [1.165, 1.54) is 81.7 Å². The standard InChI is InChI=1S/C51H47N3/c1-7-19-43-37(13-1)31-38-14-2-8-20-44(38)49(43)34-52-25-27-53(35-50-45-21-9-3-15-39(45)32-40-16-4-10-22-46(40)50)29-30-54(28-26-52)36-51-47-23-11-5-17-41(47)33-42-18-6-12-24-48(42)51/h1-5,7-17,19-24,31-33H,6,18,25-30,34-36H2. The molecular formula is C51H47N3. The van der Waals surface area contributed by atoms with Gasteiger partial charge in [0.1, 0.15) is 0 Å². The molecule has 1 fully saturated rings. The van der Waals surface area contributed by atoms with Crippen LogP contribution >= 0.6 is 0 Å². The van der Waals surface area contributed by atoms with Crippen molar-refractivity contribution in [1.82, 2.24) is 14.7 Å². The first-order chi connectivity index (χ1) is 26.7. The van der Waals surface area contributed by atoms with Crippen molar-refractivity contribution in [2.75, 3.05) is 39.3 Å². The highest BCUT2D eigenvalue weighted by atomic mass is 15.3. The molecule has 0 radical (unpaired) electrons. The second-order valence-corrected chi connectivity index (χ2v) is 15.5. The molecule has 1 heterocycles. The van der Waals surface area contributed by atoms with E-state index in [2.05, 4.69) is 166 Å². The highest BCUT2D eigenvalue weighted by Crippen LogP contribution is 2.34. The number of allylic oxidation sites excluding steroid dienone is 1. The van der Waals surface area contributed by atoms with Gasteiger partial charge in [-0.1, -0.05) is 140 Å². The van der Waals surface area contributed by atoms with Crippen LogP contribution < -0.4 is 0 Å². The van der Waals surface area contributed by atoms with E-state index in [4.69, 9.17) is 0 Å². The number of benzene rings is 8. The molecule has 3 heteroatoms. The van der Waals surface area contributed by atoms with Crippen LogP contribution in [-0.4, -0.2) is 54.0 Å². The van der Waals surface area contributed by atoms with Gasteiger partial charge >= 0.3 is 0 Å². The Balaban J connectivity index is 1.04. The lowest BCUT2D eigenvalue weighted by atomic mass is 9.88. The maximum atomic E-state index is 2.76. The predicted molar refractivity (Wildman–Crippen MR) is 230 cm³/mol. The Hall–Kier alpha value is -5.32. The van der Waals surface area contributed by atoms with Gasteiger partial charge < -0.3 is 0 Å². The highest BCUT2D eigenvalue weighted by Gasteiger charge is 2.22. The molecule has 0 amide bonds. The number of hydrogen-bond acceptors (Lipinski definition) is 3. The van der Waals surface area contributed by atoms with Crippen molar-refractivity contribution >= 4 is 59.9 Å². The van der Waals surface area contributed by atoms with Gasteiger partial charge in [0.2, 0.25) is 0 Å². The van der Waals surface area contributed by atoms with Crippen molar-refractivity contribution in [2.24, 2.45) is 0 Å². The van der Waals surface area contributed by atoms with Crippen LogP contribution in [0.25, 0.3) is 59.9 Å². The van der Waals surface area contributed by atoms with Crippen molar-refractivity contribution < 1.29 is 0 Å². The molecule has 1 aliphatic heterocycles. The topological polar surface area (TPSA) is 9.72 Å². The summed E-state index contributed by atoms with van der Waals surface area (Å²) in [6, 6.07) is 52.2. The summed E-state index contributed by atoms with van der Waals surface area (Å²) >= 11 is 0. The molecule has 0 aromatic heterocycles. The van der Waals surface area contributed by atoms with E-state index in [-0.39, 0.29) is 0 Å². The van der Waals surface area contributed by atoms with Gasteiger partial charge in [0.15, 0.2) is 0 Å². The zero-order chi connectivity index (χ0) is 35.8. The lowest BCUT2D eigenvalue weighted by Gasteiger charge is -2.28. The molecule has 54 heavy (non-hydrogen) atoms. The number of nitrogens with zero attached hydrogens (tertiary/aromatic N) is 3. The summed E-state index contributed by atoms with van der Waals surface area (Å²) in [6.45, 7) is 9.03. The van der Waals surface area contributed by atoms with E-state index in [1.54, 1.807) is 0 Å². The van der Waals surface area contributed by atoms with Crippen molar-refractivity contribution in [1.29, 1.82) is 0 Å². The molecule has 3 nitrogen and oxygen atoms in total. The molecule has 0 unspecified atom stereocenters. The Kier molecular flexibility index (Phi) is 8.93. The van der Waals surface area contributed by atoms with E-state index < -0.39 is 0 Å². The minimum Gasteiger partial charge on any atom is -0.296 e. The molecule has 0 N–H and O–H groups in total. The average Bonchev–Trinajstić information content (AvgIpc) is 3.31. The largest absolute Gasteiger partial charge is 0.296 e. The van der Waals surface area contributed by atoms with Crippen LogP contribution in [0.3, 0.4) is 0 Å². The van der Waals surface area contributed by atoms with Crippen LogP contribution in [-0.2, 0) is 26.1 Å². The summed E-state index contributed by atoms with van der Waals surface area (Å²) in [7, 11) is 0. The normalized spacial score (nSPS) is 16.2. The lowest BCUT2D eigenvalue weighted by molar-refractivity contribution is 0.210. The summed E-state index contributed by atoms with van der Waals surface area (Å²) in [5, 5.41) is 13.6. The van der Waals surface area contributed by atoms with Crippen molar-refractivity contribution in [3.63, 3.8) is 0 Å². The van der Waals surface area contributed by atoms with E-state index in [9.17, 15) is 0 Å². The smallest absolute Gasteiger partial charge is 0.0247 e. The molecule has 0 spiro atoms. The molecule has 1 saturated heterocycles. The van der Waals surface area contributed by atoms with Crippen LogP contribution in [0.1, 0.15) is 34.2 Å². The molecule has 0 atom stereocenters. The van der Waals surface area contributed by atoms with Gasteiger partial charge in [0, 0.05) is 58.9 Å². The van der Waals surface area contributed by atoms with Gasteiger partial charge in [0.05, 0.1) is 0 Å². The van der Waals surface area contributed by atoms with Gasteiger partial charge in [-0.25, -0.2) is 0 Å². The Bertz CT molecular complexity index is 2450. The molecule has 8 aromatic rings. The number of fused-ring (bicyclic) bond motifs is 6. The second-order valence-electron chi connectivity index (χ2n) is 15.5. The molecule has 8 aromatic carbocycles. The van der Waals surface area contributed by atoms with Gasteiger partial charge in [-0.2, -0.15) is 0 Å². The summed E-state index contributed by atoms with van der Waals surface area (Å²) in [5.74, 6) is 0. The SMILES string of the molecule is C1=Cc2c(cc3ccccc3c2CN2CCN(Cc3c4ccccc4cc4ccccc34)CCN(Cc3c4ccccc4cc4ccccc34)CC2)CC1. The van der Waals surface area contributed by atoms with E-state index >= 15 is 0 Å². The van der Waals surface area contributed by atoms with Gasteiger partial charge in [-0.3, -0.25) is 14.7 Å². The fourth-order valence-electron chi connectivity index (χ4n) is 9.41.